The van der Waals surface area contributed by atoms with Gasteiger partial charge in [-0.3, -0.25) is 9.36 Å². The van der Waals surface area contributed by atoms with E-state index in [-0.39, 0.29) is 17.7 Å². The molecule has 2 heterocycles. The van der Waals surface area contributed by atoms with E-state index in [9.17, 15) is 4.79 Å². The fourth-order valence-corrected chi connectivity index (χ4v) is 4.25. The highest BCUT2D eigenvalue weighted by Gasteiger charge is 2.23. The molecule has 0 bridgehead atoms. The first kappa shape index (κ1) is 20.9. The Morgan fingerprint density at radius 2 is 1.81 bits per heavy atom. The van der Waals surface area contributed by atoms with Crippen molar-refractivity contribution < 1.29 is 9.21 Å². The summed E-state index contributed by atoms with van der Waals surface area (Å²) in [6, 6.07) is 19.8. The molecular formula is C24H24N4O2S. The molecule has 6 nitrogen and oxygen atoms in total. The number of nitrogens with zero attached hydrogens (tertiary/aromatic N) is 3. The van der Waals surface area contributed by atoms with Gasteiger partial charge in [0, 0.05) is 5.69 Å². The average Bonchev–Trinajstić information content (AvgIpc) is 3.39. The highest BCUT2D eigenvalue weighted by molar-refractivity contribution is 7.99. The molecule has 2 aromatic carbocycles. The molecule has 0 aliphatic carbocycles. The van der Waals surface area contributed by atoms with E-state index in [1.165, 1.54) is 11.8 Å². The number of hydrogen-bond donors (Lipinski definition) is 1. The number of amides is 1. The number of carbonyl (C=O) groups is 1. The first-order valence-corrected chi connectivity index (χ1v) is 11.1. The number of rotatable bonds is 7. The Morgan fingerprint density at radius 3 is 2.52 bits per heavy atom. The Kier molecular flexibility index (Phi) is 6.23. The van der Waals surface area contributed by atoms with Gasteiger partial charge in [0.1, 0.15) is 5.76 Å². The van der Waals surface area contributed by atoms with Gasteiger partial charge in [0.2, 0.25) is 5.91 Å². The van der Waals surface area contributed by atoms with Crippen LogP contribution < -0.4 is 5.32 Å². The number of para-hydroxylation sites is 1. The van der Waals surface area contributed by atoms with E-state index in [1.807, 2.05) is 62.4 Å². The summed E-state index contributed by atoms with van der Waals surface area (Å²) in [6.45, 7) is 5.99. The van der Waals surface area contributed by atoms with Crippen molar-refractivity contribution in [2.45, 2.75) is 32.0 Å². The van der Waals surface area contributed by atoms with Gasteiger partial charge < -0.3 is 9.73 Å². The van der Waals surface area contributed by atoms with Crippen molar-refractivity contribution in [2.24, 2.45) is 0 Å². The van der Waals surface area contributed by atoms with E-state index in [1.54, 1.807) is 6.26 Å². The van der Waals surface area contributed by atoms with E-state index in [0.717, 1.165) is 34.0 Å². The monoisotopic (exact) mass is 432 g/mol. The third kappa shape index (κ3) is 4.56. The van der Waals surface area contributed by atoms with Gasteiger partial charge in [0.05, 0.1) is 23.6 Å². The van der Waals surface area contributed by atoms with Crippen molar-refractivity contribution in [3.8, 4) is 11.4 Å². The minimum Gasteiger partial charge on any atom is -0.469 e. The zero-order valence-electron chi connectivity index (χ0n) is 17.7. The van der Waals surface area contributed by atoms with Crippen molar-refractivity contribution in [1.29, 1.82) is 0 Å². The first-order chi connectivity index (χ1) is 15.0. The number of nitrogens with one attached hydrogen (secondary N) is 1. The molecule has 0 aliphatic heterocycles. The molecule has 4 aromatic rings. The van der Waals surface area contributed by atoms with E-state index in [0.29, 0.717) is 5.16 Å². The van der Waals surface area contributed by atoms with E-state index >= 15 is 0 Å². The van der Waals surface area contributed by atoms with E-state index < -0.39 is 0 Å². The number of carbonyl (C=O) groups excluding carboxylic acids is 1. The molecule has 0 saturated carbocycles. The summed E-state index contributed by atoms with van der Waals surface area (Å²) in [5, 5.41) is 12.5. The predicted molar refractivity (Wildman–Crippen MR) is 123 cm³/mol. The molecule has 158 valence electrons. The van der Waals surface area contributed by atoms with Crippen LogP contribution in [0.5, 0.6) is 0 Å². The number of aromatic nitrogens is 3. The van der Waals surface area contributed by atoms with Crippen LogP contribution in [-0.4, -0.2) is 26.4 Å². The summed E-state index contributed by atoms with van der Waals surface area (Å²) in [5.41, 5.74) is 3.88. The number of benzene rings is 2. The average molecular weight is 433 g/mol. The summed E-state index contributed by atoms with van der Waals surface area (Å²) in [6.07, 6.45) is 1.65. The molecule has 0 spiro atoms. The predicted octanol–water partition coefficient (Wildman–Crippen LogP) is 5.50. The highest BCUT2D eigenvalue weighted by atomic mass is 32.2. The number of hydrogen-bond acceptors (Lipinski definition) is 5. The molecule has 0 fully saturated rings. The summed E-state index contributed by atoms with van der Waals surface area (Å²) in [7, 11) is 0. The van der Waals surface area contributed by atoms with Gasteiger partial charge in [0.25, 0.3) is 0 Å². The molecule has 31 heavy (non-hydrogen) atoms. The maximum atomic E-state index is 12.6. The summed E-state index contributed by atoms with van der Waals surface area (Å²) < 4.78 is 7.56. The molecule has 1 atom stereocenters. The second kappa shape index (κ2) is 9.22. The minimum atomic E-state index is -0.0812. The molecule has 0 saturated heterocycles. The highest BCUT2D eigenvalue weighted by Crippen LogP contribution is 2.32. The Morgan fingerprint density at radius 1 is 1.06 bits per heavy atom. The maximum Gasteiger partial charge on any atom is 0.234 e. The van der Waals surface area contributed by atoms with Crippen molar-refractivity contribution in [3.05, 3.63) is 83.8 Å². The van der Waals surface area contributed by atoms with E-state index in [2.05, 4.69) is 39.1 Å². The SMILES string of the molecule is Cc1ccccc1NC(=O)CSc1nnc(-c2ccoc2C)n1[C@H](C)c1ccccc1. The maximum absolute atomic E-state index is 12.6. The van der Waals surface area contributed by atoms with Crippen LogP contribution in [0.15, 0.2) is 76.5 Å². The van der Waals surface area contributed by atoms with Crippen LogP contribution in [0.2, 0.25) is 0 Å². The Hall–Kier alpha value is -3.32. The summed E-state index contributed by atoms with van der Waals surface area (Å²) in [5.74, 6) is 1.66. The van der Waals surface area contributed by atoms with Crippen molar-refractivity contribution in [1.82, 2.24) is 14.8 Å². The molecule has 0 radical (unpaired) electrons. The zero-order valence-corrected chi connectivity index (χ0v) is 18.5. The van der Waals surface area contributed by atoms with Crippen LogP contribution in [0.3, 0.4) is 0 Å². The number of thioether (sulfide) groups is 1. The standard InChI is InChI=1S/C24H24N4O2S/c1-16-9-7-8-12-21(16)25-22(29)15-31-24-27-26-23(20-13-14-30-18(20)3)28(24)17(2)19-10-5-4-6-11-19/h4-14,17H,15H2,1-3H3,(H,25,29)/t17-/m1/s1. The van der Waals surface area contributed by atoms with Crippen LogP contribution >= 0.6 is 11.8 Å². The van der Waals surface area contributed by atoms with Crippen LogP contribution in [0, 0.1) is 13.8 Å². The molecule has 7 heteroatoms. The van der Waals surface area contributed by atoms with Crippen LogP contribution in [0.25, 0.3) is 11.4 Å². The lowest BCUT2D eigenvalue weighted by Crippen LogP contribution is -2.16. The smallest absolute Gasteiger partial charge is 0.234 e. The van der Waals surface area contributed by atoms with E-state index in [4.69, 9.17) is 4.42 Å². The molecule has 4 rings (SSSR count). The second-order valence-electron chi connectivity index (χ2n) is 7.31. The van der Waals surface area contributed by atoms with Gasteiger partial charge in [-0.2, -0.15) is 0 Å². The zero-order chi connectivity index (χ0) is 21.8. The minimum absolute atomic E-state index is 0.0116. The summed E-state index contributed by atoms with van der Waals surface area (Å²) >= 11 is 1.37. The third-order valence-corrected chi connectivity index (χ3v) is 6.13. The molecule has 2 aromatic heterocycles. The lowest BCUT2D eigenvalue weighted by molar-refractivity contribution is -0.113. The van der Waals surface area contributed by atoms with Gasteiger partial charge in [-0.25, -0.2) is 0 Å². The van der Waals surface area contributed by atoms with Crippen molar-refractivity contribution in [2.75, 3.05) is 11.1 Å². The fourth-order valence-electron chi connectivity index (χ4n) is 3.44. The number of furan rings is 1. The van der Waals surface area contributed by atoms with Gasteiger partial charge >= 0.3 is 0 Å². The number of anilines is 1. The molecular weight excluding hydrogens is 408 g/mol. The van der Waals surface area contributed by atoms with Crippen LogP contribution in [-0.2, 0) is 4.79 Å². The van der Waals surface area contributed by atoms with Crippen molar-refractivity contribution in [3.63, 3.8) is 0 Å². The fraction of sp³-hybridized carbons (Fsp3) is 0.208. The molecule has 1 amide bonds. The lowest BCUT2D eigenvalue weighted by Gasteiger charge is -2.18. The number of aryl methyl sites for hydroxylation is 2. The Labute approximate surface area is 185 Å². The second-order valence-corrected chi connectivity index (χ2v) is 8.25. The van der Waals surface area contributed by atoms with Crippen molar-refractivity contribution >= 4 is 23.4 Å². The van der Waals surface area contributed by atoms with Gasteiger partial charge in [-0.05, 0) is 44.0 Å². The Bertz CT molecular complexity index is 1180. The largest absolute Gasteiger partial charge is 0.469 e. The quantitative estimate of drug-likeness (QED) is 0.391. The molecule has 1 N–H and O–H groups in total. The molecule has 0 aliphatic rings. The first-order valence-electron chi connectivity index (χ1n) is 10.1. The van der Waals surface area contributed by atoms with Gasteiger partial charge in [-0.1, -0.05) is 60.3 Å². The third-order valence-electron chi connectivity index (χ3n) is 5.19. The summed E-state index contributed by atoms with van der Waals surface area (Å²) in [4.78, 5) is 12.6. The topological polar surface area (TPSA) is 73.0 Å². The Balaban J connectivity index is 1.60. The van der Waals surface area contributed by atoms with Gasteiger partial charge in [0.15, 0.2) is 11.0 Å². The normalized spacial score (nSPS) is 12.0. The van der Waals surface area contributed by atoms with Crippen LogP contribution in [0.4, 0.5) is 5.69 Å². The van der Waals surface area contributed by atoms with Crippen LogP contribution in [0.1, 0.15) is 29.9 Å². The van der Waals surface area contributed by atoms with Gasteiger partial charge in [-0.15, -0.1) is 10.2 Å². The molecule has 0 unspecified atom stereocenters. The lowest BCUT2D eigenvalue weighted by atomic mass is 10.1.